The van der Waals surface area contributed by atoms with Gasteiger partial charge in [0, 0.05) is 59.1 Å². The molecule has 0 amide bonds. The highest BCUT2D eigenvalue weighted by atomic mass is 14.9. The number of fused-ring (bicyclic) bond motifs is 2. The zero-order chi connectivity index (χ0) is 26.8. The van der Waals surface area contributed by atoms with Crippen molar-refractivity contribution < 1.29 is 0 Å². The Hall–Kier alpha value is -4.70. The van der Waals surface area contributed by atoms with Gasteiger partial charge in [0.1, 0.15) is 0 Å². The van der Waals surface area contributed by atoms with E-state index in [9.17, 15) is 0 Å². The van der Waals surface area contributed by atoms with Crippen LogP contribution < -0.4 is 5.32 Å². The zero-order valence-electron chi connectivity index (χ0n) is 22.6. The van der Waals surface area contributed by atoms with Crippen molar-refractivity contribution in [2.75, 3.05) is 12.4 Å². The Kier molecular flexibility index (Phi) is 6.68. The lowest BCUT2D eigenvalue weighted by atomic mass is 9.92. The Morgan fingerprint density at radius 2 is 1.64 bits per heavy atom. The van der Waals surface area contributed by atoms with Crippen LogP contribution in [0.3, 0.4) is 0 Å². The van der Waals surface area contributed by atoms with Crippen molar-refractivity contribution in [1.82, 2.24) is 9.97 Å². The van der Waals surface area contributed by atoms with E-state index in [-0.39, 0.29) is 0 Å². The fourth-order valence-electron chi connectivity index (χ4n) is 5.55. The van der Waals surface area contributed by atoms with E-state index in [4.69, 9.17) is 4.99 Å². The molecule has 192 valence electrons. The second-order valence-electron chi connectivity index (χ2n) is 9.91. The van der Waals surface area contributed by atoms with Gasteiger partial charge in [-0.2, -0.15) is 0 Å². The molecule has 0 saturated heterocycles. The number of hydrogen-bond donors (Lipinski definition) is 2. The predicted molar refractivity (Wildman–Crippen MR) is 165 cm³/mol. The molecular formula is C35H32N4. The Labute approximate surface area is 229 Å². The van der Waals surface area contributed by atoms with Gasteiger partial charge in [0.15, 0.2) is 0 Å². The van der Waals surface area contributed by atoms with E-state index in [1.165, 1.54) is 27.5 Å². The monoisotopic (exact) mass is 508 g/mol. The van der Waals surface area contributed by atoms with E-state index in [0.29, 0.717) is 0 Å². The van der Waals surface area contributed by atoms with Crippen LogP contribution in [0.15, 0.2) is 108 Å². The molecule has 0 aliphatic heterocycles. The van der Waals surface area contributed by atoms with Gasteiger partial charge in [0.2, 0.25) is 0 Å². The third kappa shape index (κ3) is 4.59. The first-order valence-electron chi connectivity index (χ1n) is 13.5. The molecule has 0 bridgehead atoms. The second-order valence-corrected chi connectivity index (χ2v) is 9.91. The van der Waals surface area contributed by atoms with E-state index in [0.717, 1.165) is 57.7 Å². The molecule has 4 heteroatoms. The number of H-pyrrole nitrogens is 1. The highest BCUT2D eigenvalue weighted by Crippen LogP contribution is 2.34. The highest BCUT2D eigenvalue weighted by molar-refractivity contribution is 6.16. The smallest absolute Gasteiger partial charge is 0.0883 e. The third-order valence-corrected chi connectivity index (χ3v) is 7.56. The number of anilines is 1. The van der Waals surface area contributed by atoms with Crippen molar-refractivity contribution in [3.05, 3.63) is 131 Å². The molecule has 0 fully saturated rings. The van der Waals surface area contributed by atoms with Crippen LogP contribution in [0.4, 0.5) is 5.69 Å². The summed E-state index contributed by atoms with van der Waals surface area (Å²) in [5.41, 5.74) is 11.4. The van der Waals surface area contributed by atoms with Gasteiger partial charge in [0.25, 0.3) is 0 Å². The summed E-state index contributed by atoms with van der Waals surface area (Å²) in [6, 6.07) is 32.1. The average molecular weight is 509 g/mol. The molecule has 4 nitrogen and oxygen atoms in total. The van der Waals surface area contributed by atoms with Gasteiger partial charge in [-0.05, 0) is 59.2 Å². The Morgan fingerprint density at radius 1 is 0.846 bits per heavy atom. The quantitative estimate of drug-likeness (QED) is 0.213. The summed E-state index contributed by atoms with van der Waals surface area (Å²) in [4.78, 5) is 13.1. The van der Waals surface area contributed by atoms with E-state index < -0.39 is 0 Å². The first-order valence-corrected chi connectivity index (χ1v) is 13.5. The maximum Gasteiger partial charge on any atom is 0.0883 e. The fraction of sp³-hybridized carbons (Fsp3) is 0.143. The number of aryl methyl sites for hydroxylation is 2. The molecule has 6 aromatic rings. The van der Waals surface area contributed by atoms with Crippen LogP contribution in [0.25, 0.3) is 32.8 Å². The van der Waals surface area contributed by atoms with Crippen molar-refractivity contribution in [3.63, 3.8) is 0 Å². The number of aromatic nitrogens is 2. The molecule has 2 N–H and O–H groups in total. The lowest BCUT2D eigenvalue weighted by molar-refractivity contribution is 1.14. The first-order chi connectivity index (χ1) is 19.2. The average Bonchev–Trinajstić information content (AvgIpc) is 3.36. The van der Waals surface area contributed by atoms with Crippen molar-refractivity contribution >= 4 is 33.1 Å². The standard InChI is InChI=1S/C35H32N4/c1-4-26-28-13-8-9-15-33(28)39-35(26)34(36-3)29-19-25(18-17-23(29)2)30-21-37-22-31-27(30)14-10-16-32(31)38-20-24-11-6-5-7-12-24/h5-19,21-22,38-39H,4,20H2,1-3H3. The number of hydrogen-bond acceptors (Lipinski definition) is 3. The first kappa shape index (κ1) is 24.6. The summed E-state index contributed by atoms with van der Waals surface area (Å²) in [5, 5.41) is 7.16. The molecule has 0 radical (unpaired) electrons. The van der Waals surface area contributed by atoms with Crippen LogP contribution in [0.5, 0.6) is 0 Å². The van der Waals surface area contributed by atoms with Crippen molar-refractivity contribution in [2.24, 2.45) is 4.99 Å². The number of nitrogens with zero attached hydrogens (tertiary/aromatic N) is 2. The van der Waals surface area contributed by atoms with Gasteiger partial charge in [-0.15, -0.1) is 0 Å². The van der Waals surface area contributed by atoms with Gasteiger partial charge in [-0.3, -0.25) is 9.98 Å². The predicted octanol–water partition coefficient (Wildman–Crippen LogP) is 8.33. The van der Waals surface area contributed by atoms with Crippen molar-refractivity contribution in [3.8, 4) is 11.1 Å². The summed E-state index contributed by atoms with van der Waals surface area (Å²) in [6.45, 7) is 5.13. The highest BCUT2D eigenvalue weighted by Gasteiger charge is 2.19. The van der Waals surface area contributed by atoms with E-state index in [1.807, 2.05) is 25.5 Å². The minimum atomic E-state index is 0.763. The third-order valence-electron chi connectivity index (χ3n) is 7.56. The van der Waals surface area contributed by atoms with Gasteiger partial charge < -0.3 is 10.3 Å². The van der Waals surface area contributed by atoms with Crippen LogP contribution >= 0.6 is 0 Å². The number of pyridine rings is 1. The SMILES string of the molecule is CCc1c(C(=NC)c2cc(-c3cncc4c(NCc5ccccc5)cccc34)ccc2C)[nH]c2ccccc12. The molecular weight excluding hydrogens is 476 g/mol. The maximum atomic E-state index is 4.82. The Balaban J connectivity index is 1.42. The normalized spacial score (nSPS) is 11.8. The zero-order valence-corrected chi connectivity index (χ0v) is 22.6. The van der Waals surface area contributed by atoms with Gasteiger partial charge in [-0.1, -0.05) is 79.7 Å². The fourth-order valence-corrected chi connectivity index (χ4v) is 5.55. The largest absolute Gasteiger partial charge is 0.380 e. The van der Waals surface area contributed by atoms with Gasteiger partial charge in [-0.25, -0.2) is 0 Å². The minimum Gasteiger partial charge on any atom is -0.380 e. The molecule has 4 aromatic carbocycles. The molecule has 0 aliphatic rings. The summed E-state index contributed by atoms with van der Waals surface area (Å²) in [6.07, 6.45) is 4.86. The molecule has 2 aromatic heterocycles. The van der Waals surface area contributed by atoms with Crippen molar-refractivity contribution in [1.29, 1.82) is 0 Å². The number of nitrogens with one attached hydrogen (secondary N) is 2. The molecule has 0 saturated carbocycles. The lowest BCUT2D eigenvalue weighted by Crippen LogP contribution is -2.09. The van der Waals surface area contributed by atoms with Crippen LogP contribution in [0, 0.1) is 6.92 Å². The minimum absolute atomic E-state index is 0.763. The van der Waals surface area contributed by atoms with Gasteiger partial charge >= 0.3 is 0 Å². The summed E-state index contributed by atoms with van der Waals surface area (Å²) in [5.74, 6) is 0. The van der Waals surface area contributed by atoms with Crippen LogP contribution in [0.1, 0.15) is 34.9 Å². The second kappa shape index (κ2) is 10.6. The molecule has 2 heterocycles. The summed E-state index contributed by atoms with van der Waals surface area (Å²) < 4.78 is 0. The molecule has 6 rings (SSSR count). The number of aromatic amines is 1. The van der Waals surface area contributed by atoms with E-state index in [1.54, 1.807) is 0 Å². The molecule has 0 unspecified atom stereocenters. The molecule has 39 heavy (non-hydrogen) atoms. The van der Waals surface area contributed by atoms with Crippen LogP contribution in [-0.4, -0.2) is 22.7 Å². The number of benzene rings is 4. The van der Waals surface area contributed by atoms with Crippen LogP contribution in [-0.2, 0) is 13.0 Å². The Bertz CT molecular complexity index is 1810. The van der Waals surface area contributed by atoms with Crippen LogP contribution in [0.2, 0.25) is 0 Å². The van der Waals surface area contributed by atoms with Gasteiger partial charge in [0.05, 0.1) is 11.4 Å². The number of rotatable bonds is 7. The summed E-state index contributed by atoms with van der Waals surface area (Å²) in [7, 11) is 1.89. The molecule has 0 atom stereocenters. The van der Waals surface area contributed by atoms with Crippen molar-refractivity contribution in [2.45, 2.75) is 26.8 Å². The Morgan fingerprint density at radius 3 is 2.46 bits per heavy atom. The lowest BCUT2D eigenvalue weighted by Gasteiger charge is -2.15. The molecule has 0 spiro atoms. The number of para-hydroxylation sites is 1. The van der Waals surface area contributed by atoms with E-state index >= 15 is 0 Å². The maximum absolute atomic E-state index is 4.82. The summed E-state index contributed by atoms with van der Waals surface area (Å²) >= 11 is 0. The number of aliphatic imine (C=N–C) groups is 1. The topological polar surface area (TPSA) is 53.1 Å². The van der Waals surface area contributed by atoms with E-state index in [2.05, 4.69) is 114 Å². The molecule has 0 aliphatic carbocycles.